The number of nitrogens with zero attached hydrogens (tertiary/aromatic N) is 1. The number of fused-ring (bicyclic) bond motifs is 1. The summed E-state index contributed by atoms with van der Waals surface area (Å²) >= 11 is 0. The molecule has 1 aromatic heterocycles. The first-order chi connectivity index (χ1) is 8.84. The molecule has 0 radical (unpaired) electrons. The van der Waals surface area contributed by atoms with Crippen molar-refractivity contribution in [3.8, 4) is 0 Å². The summed E-state index contributed by atoms with van der Waals surface area (Å²) in [5, 5.41) is 0.812. The van der Waals surface area contributed by atoms with E-state index in [-0.39, 0.29) is 23.4 Å². The van der Waals surface area contributed by atoms with Gasteiger partial charge >= 0.3 is 0 Å². The molecule has 0 spiro atoms. The molecule has 104 valence electrons. The fourth-order valence-corrected chi connectivity index (χ4v) is 3.09. The van der Waals surface area contributed by atoms with Crippen LogP contribution in [0.5, 0.6) is 0 Å². The first-order valence-corrected chi connectivity index (χ1v) is 8.15. The molecule has 0 fully saturated rings. The first kappa shape index (κ1) is 14.1. The van der Waals surface area contributed by atoms with E-state index in [1.165, 1.54) is 12.1 Å². The van der Waals surface area contributed by atoms with Crippen LogP contribution in [0, 0.1) is 5.82 Å². The monoisotopic (exact) mass is 283 g/mol. The number of sulfone groups is 1. The van der Waals surface area contributed by atoms with Crippen molar-refractivity contribution in [2.45, 2.75) is 32.6 Å². The van der Waals surface area contributed by atoms with Crippen molar-refractivity contribution in [1.82, 2.24) is 4.57 Å². The summed E-state index contributed by atoms with van der Waals surface area (Å²) < 4.78 is 38.8. The average Bonchev–Trinajstić information content (AvgIpc) is 2.67. The Kier molecular flexibility index (Phi) is 3.67. The van der Waals surface area contributed by atoms with Gasteiger partial charge in [-0.25, -0.2) is 12.8 Å². The van der Waals surface area contributed by atoms with E-state index in [4.69, 9.17) is 0 Å². The van der Waals surface area contributed by atoms with Gasteiger partial charge in [-0.2, -0.15) is 0 Å². The summed E-state index contributed by atoms with van der Waals surface area (Å²) in [4.78, 5) is 0. The van der Waals surface area contributed by atoms with Gasteiger partial charge in [-0.15, -0.1) is 0 Å². The predicted octanol–water partition coefficient (Wildman–Crippen LogP) is 3.30. The van der Waals surface area contributed by atoms with Crippen LogP contribution in [0.3, 0.4) is 0 Å². The quantitative estimate of drug-likeness (QED) is 0.863. The summed E-state index contributed by atoms with van der Waals surface area (Å²) in [6.07, 6.45) is 1.82. The van der Waals surface area contributed by atoms with Gasteiger partial charge in [-0.05, 0) is 37.6 Å². The molecule has 0 saturated carbocycles. The third-order valence-electron chi connectivity index (χ3n) is 3.25. The summed E-state index contributed by atoms with van der Waals surface area (Å²) in [6, 6.07) is 4.64. The van der Waals surface area contributed by atoms with E-state index < -0.39 is 9.84 Å². The summed E-state index contributed by atoms with van der Waals surface area (Å²) in [6.45, 7) is 5.61. The number of aromatic nitrogens is 1. The molecule has 1 aromatic carbocycles. The Morgan fingerprint density at radius 1 is 1.32 bits per heavy atom. The van der Waals surface area contributed by atoms with Crippen molar-refractivity contribution in [2.24, 2.45) is 0 Å². The number of benzene rings is 1. The highest BCUT2D eigenvalue weighted by atomic mass is 32.2. The van der Waals surface area contributed by atoms with Crippen LogP contribution in [0.15, 0.2) is 24.4 Å². The molecule has 0 aliphatic rings. The third kappa shape index (κ3) is 2.81. The number of hydrogen-bond acceptors (Lipinski definition) is 2. The van der Waals surface area contributed by atoms with Crippen LogP contribution in [-0.4, -0.2) is 18.7 Å². The van der Waals surface area contributed by atoms with Crippen LogP contribution in [-0.2, 0) is 15.6 Å². The van der Waals surface area contributed by atoms with Gasteiger partial charge in [0.05, 0.1) is 11.3 Å². The molecule has 0 aliphatic heterocycles. The van der Waals surface area contributed by atoms with Crippen molar-refractivity contribution >= 4 is 20.7 Å². The Labute approximate surface area is 113 Å². The van der Waals surface area contributed by atoms with Gasteiger partial charge < -0.3 is 4.57 Å². The predicted molar refractivity (Wildman–Crippen MR) is 75.4 cm³/mol. The van der Waals surface area contributed by atoms with Crippen molar-refractivity contribution in [2.75, 3.05) is 5.75 Å². The van der Waals surface area contributed by atoms with E-state index in [2.05, 4.69) is 0 Å². The Hall–Kier alpha value is -1.36. The van der Waals surface area contributed by atoms with E-state index in [1.807, 2.05) is 24.6 Å². The lowest BCUT2D eigenvalue weighted by molar-refractivity contribution is 0.595. The van der Waals surface area contributed by atoms with Gasteiger partial charge in [0.1, 0.15) is 5.82 Å². The molecule has 0 N–H and O–H groups in total. The van der Waals surface area contributed by atoms with Crippen LogP contribution in [0.1, 0.15) is 32.4 Å². The number of rotatable bonds is 4. The molecule has 0 atom stereocenters. The van der Waals surface area contributed by atoms with Gasteiger partial charge in [0.25, 0.3) is 0 Å². The number of hydrogen-bond donors (Lipinski definition) is 0. The molecule has 2 rings (SSSR count). The van der Waals surface area contributed by atoms with E-state index in [9.17, 15) is 12.8 Å². The van der Waals surface area contributed by atoms with Crippen LogP contribution in [0.25, 0.3) is 10.9 Å². The molecule has 0 bridgehead atoms. The molecule has 2 aromatic rings. The molecular weight excluding hydrogens is 265 g/mol. The molecule has 0 aliphatic carbocycles. The fourth-order valence-electron chi connectivity index (χ4n) is 2.18. The van der Waals surface area contributed by atoms with Crippen LogP contribution < -0.4 is 0 Å². The molecule has 0 saturated heterocycles. The van der Waals surface area contributed by atoms with E-state index in [1.54, 1.807) is 13.0 Å². The standard InChI is InChI=1S/C14H18FNO2S/c1-4-19(17,18)9-11-8-16(10(2)3)14-7-12(15)5-6-13(11)14/h5-8,10H,4,9H2,1-3H3. The second kappa shape index (κ2) is 4.96. The fraction of sp³-hybridized carbons (Fsp3) is 0.429. The highest BCUT2D eigenvalue weighted by molar-refractivity contribution is 7.90. The molecule has 0 unspecified atom stereocenters. The van der Waals surface area contributed by atoms with Crippen molar-refractivity contribution in [3.63, 3.8) is 0 Å². The maximum Gasteiger partial charge on any atom is 0.154 e. The first-order valence-electron chi connectivity index (χ1n) is 6.33. The van der Waals surface area contributed by atoms with Gasteiger partial charge in [0, 0.05) is 23.4 Å². The minimum absolute atomic E-state index is 0.00531. The van der Waals surface area contributed by atoms with Crippen LogP contribution in [0.4, 0.5) is 4.39 Å². The second-order valence-electron chi connectivity index (χ2n) is 4.99. The lowest BCUT2D eigenvalue weighted by Gasteiger charge is -2.08. The van der Waals surface area contributed by atoms with Gasteiger partial charge in [0.2, 0.25) is 0 Å². The SMILES string of the molecule is CCS(=O)(=O)Cc1cn(C(C)C)c2cc(F)ccc12. The summed E-state index contributed by atoms with van der Waals surface area (Å²) in [7, 11) is -3.09. The van der Waals surface area contributed by atoms with Crippen molar-refractivity contribution in [1.29, 1.82) is 0 Å². The molecular formula is C14H18FNO2S. The van der Waals surface area contributed by atoms with Gasteiger partial charge in [-0.1, -0.05) is 6.92 Å². The normalized spacial score (nSPS) is 12.5. The Morgan fingerprint density at radius 3 is 2.58 bits per heavy atom. The van der Waals surface area contributed by atoms with Crippen LogP contribution in [0.2, 0.25) is 0 Å². The summed E-state index contributed by atoms with van der Waals surface area (Å²) in [5.41, 5.74) is 1.49. The zero-order chi connectivity index (χ0) is 14.2. The van der Waals surface area contributed by atoms with Crippen LogP contribution >= 0.6 is 0 Å². The van der Waals surface area contributed by atoms with Gasteiger partial charge in [0.15, 0.2) is 9.84 Å². The highest BCUT2D eigenvalue weighted by Gasteiger charge is 2.16. The Bertz CT molecular complexity index is 702. The molecule has 19 heavy (non-hydrogen) atoms. The van der Waals surface area contributed by atoms with E-state index >= 15 is 0 Å². The van der Waals surface area contributed by atoms with E-state index in [0.717, 1.165) is 16.5 Å². The molecule has 3 nitrogen and oxygen atoms in total. The smallest absolute Gasteiger partial charge is 0.154 e. The topological polar surface area (TPSA) is 39.1 Å². The maximum absolute atomic E-state index is 13.4. The zero-order valence-corrected chi connectivity index (χ0v) is 12.2. The lowest BCUT2D eigenvalue weighted by atomic mass is 10.2. The van der Waals surface area contributed by atoms with Crippen molar-refractivity contribution in [3.05, 3.63) is 35.8 Å². The summed E-state index contributed by atoms with van der Waals surface area (Å²) in [5.74, 6) is -0.189. The lowest BCUT2D eigenvalue weighted by Crippen LogP contribution is -2.06. The van der Waals surface area contributed by atoms with Crippen molar-refractivity contribution < 1.29 is 12.8 Å². The van der Waals surface area contributed by atoms with E-state index in [0.29, 0.717) is 0 Å². The molecule has 1 heterocycles. The second-order valence-corrected chi connectivity index (χ2v) is 7.35. The van der Waals surface area contributed by atoms with Gasteiger partial charge in [-0.3, -0.25) is 0 Å². The molecule has 5 heteroatoms. The maximum atomic E-state index is 13.4. The minimum atomic E-state index is -3.09. The highest BCUT2D eigenvalue weighted by Crippen LogP contribution is 2.27. The Balaban J connectivity index is 2.63. The number of halogens is 1. The average molecular weight is 283 g/mol. The Morgan fingerprint density at radius 2 is 2.00 bits per heavy atom. The largest absolute Gasteiger partial charge is 0.345 e. The third-order valence-corrected chi connectivity index (χ3v) is 4.88. The molecule has 0 amide bonds. The zero-order valence-electron chi connectivity index (χ0n) is 11.4. The minimum Gasteiger partial charge on any atom is -0.345 e.